The van der Waals surface area contributed by atoms with Gasteiger partial charge in [0.15, 0.2) is 0 Å². The largest absolute Gasteiger partial charge is 0.442 e. The van der Waals surface area contributed by atoms with E-state index < -0.39 is 12.2 Å². The predicted octanol–water partition coefficient (Wildman–Crippen LogP) is 0.398. The minimum Gasteiger partial charge on any atom is -0.442 e. The molecule has 1 atom stereocenters. The second kappa shape index (κ2) is 9.17. The Morgan fingerprint density at radius 2 is 1.40 bits per heavy atom. The smallest absolute Gasteiger partial charge is 0.407 e. The summed E-state index contributed by atoms with van der Waals surface area (Å²) in [7, 11) is 0. The van der Waals surface area contributed by atoms with E-state index in [9.17, 15) is 14.4 Å². The van der Waals surface area contributed by atoms with Crippen molar-refractivity contribution in [3.63, 3.8) is 0 Å². The van der Waals surface area contributed by atoms with Crippen molar-refractivity contribution in [1.82, 2.24) is 16.0 Å². The van der Waals surface area contributed by atoms with Gasteiger partial charge >= 0.3 is 6.09 Å². The molecular weight excluding hydrogens is 262 g/mol. The van der Waals surface area contributed by atoms with E-state index in [-0.39, 0.29) is 36.9 Å². The van der Waals surface area contributed by atoms with Crippen molar-refractivity contribution >= 4 is 17.9 Å². The van der Waals surface area contributed by atoms with Gasteiger partial charge in [-0.25, -0.2) is 4.79 Å². The Balaban J connectivity index is 4.34. The van der Waals surface area contributed by atoms with Crippen molar-refractivity contribution in [2.24, 2.45) is 5.92 Å². The first-order valence-electron chi connectivity index (χ1n) is 6.68. The quantitative estimate of drug-likeness (QED) is 0.631. The molecule has 0 aromatic rings. The second-order valence-electron chi connectivity index (χ2n) is 5.08. The molecular formula is C13H25N3O4. The van der Waals surface area contributed by atoms with Crippen LogP contribution in [0.5, 0.6) is 0 Å². The zero-order chi connectivity index (χ0) is 15.7. The van der Waals surface area contributed by atoms with Crippen molar-refractivity contribution in [3.8, 4) is 0 Å². The first-order chi connectivity index (χ1) is 9.22. The maximum atomic E-state index is 11.7. The number of ether oxygens (including phenoxy) is 1. The molecule has 20 heavy (non-hydrogen) atoms. The van der Waals surface area contributed by atoms with Crippen LogP contribution in [0.2, 0.25) is 0 Å². The molecule has 0 rings (SSSR count). The molecule has 0 aromatic heterocycles. The van der Waals surface area contributed by atoms with Crippen LogP contribution in [0, 0.1) is 5.92 Å². The van der Waals surface area contributed by atoms with Crippen LogP contribution in [0.15, 0.2) is 0 Å². The number of carbonyl (C=O) groups is 3. The van der Waals surface area contributed by atoms with E-state index in [1.807, 2.05) is 20.8 Å². The van der Waals surface area contributed by atoms with E-state index >= 15 is 0 Å². The van der Waals surface area contributed by atoms with Gasteiger partial charge in [0.25, 0.3) is 0 Å². The highest BCUT2D eigenvalue weighted by Crippen LogP contribution is 2.01. The average Bonchev–Trinajstić information content (AvgIpc) is 2.31. The fourth-order valence-electron chi connectivity index (χ4n) is 1.21. The number of nitrogens with one attached hydrogen (secondary N) is 3. The Bertz CT molecular complexity index is 327. The predicted molar refractivity (Wildman–Crippen MR) is 75.1 cm³/mol. The summed E-state index contributed by atoms with van der Waals surface area (Å²) in [6, 6.07) is -0.0234. The van der Waals surface area contributed by atoms with Crippen molar-refractivity contribution in [2.75, 3.05) is 13.1 Å². The minimum absolute atomic E-state index is 0.0234. The summed E-state index contributed by atoms with van der Waals surface area (Å²) in [4.78, 5) is 33.5. The lowest BCUT2D eigenvalue weighted by Gasteiger charge is -2.22. The summed E-state index contributed by atoms with van der Waals surface area (Å²) < 4.78 is 5.19. The zero-order valence-corrected chi connectivity index (χ0v) is 12.8. The topological polar surface area (TPSA) is 96.5 Å². The summed E-state index contributed by atoms with van der Waals surface area (Å²) in [6.07, 6.45) is -1.17. The van der Waals surface area contributed by atoms with Crippen molar-refractivity contribution in [3.05, 3.63) is 0 Å². The van der Waals surface area contributed by atoms with Gasteiger partial charge in [0.05, 0.1) is 13.1 Å². The summed E-state index contributed by atoms with van der Waals surface area (Å²) in [5.41, 5.74) is 0. The molecule has 0 spiro atoms. The van der Waals surface area contributed by atoms with Gasteiger partial charge in [-0.3, -0.25) is 9.59 Å². The molecule has 0 saturated heterocycles. The van der Waals surface area contributed by atoms with Crippen LogP contribution in [0.4, 0.5) is 4.79 Å². The fourth-order valence-corrected chi connectivity index (χ4v) is 1.21. The molecule has 0 aliphatic carbocycles. The molecule has 0 fully saturated rings. The zero-order valence-electron chi connectivity index (χ0n) is 12.8. The molecule has 0 radical (unpaired) electrons. The third kappa shape index (κ3) is 9.18. The lowest BCUT2D eigenvalue weighted by Crippen LogP contribution is -2.45. The molecule has 0 heterocycles. The van der Waals surface area contributed by atoms with Gasteiger partial charge in [-0.1, -0.05) is 13.8 Å². The monoisotopic (exact) mass is 287 g/mol. The first-order valence-corrected chi connectivity index (χ1v) is 6.68. The normalized spacial score (nSPS) is 11.9. The Kier molecular flexibility index (Phi) is 8.35. The molecule has 7 heteroatoms. The lowest BCUT2D eigenvalue weighted by molar-refractivity contribution is -0.119. The van der Waals surface area contributed by atoms with Crippen LogP contribution < -0.4 is 16.0 Å². The van der Waals surface area contributed by atoms with Gasteiger partial charge in [0.1, 0.15) is 6.10 Å². The highest BCUT2D eigenvalue weighted by molar-refractivity contribution is 5.73. The number of alkyl carbamates (subject to hydrolysis) is 1. The van der Waals surface area contributed by atoms with Gasteiger partial charge in [0.2, 0.25) is 11.8 Å². The van der Waals surface area contributed by atoms with Crippen LogP contribution in [0.3, 0.4) is 0 Å². The molecule has 0 aliphatic heterocycles. The van der Waals surface area contributed by atoms with Crippen LogP contribution in [0.25, 0.3) is 0 Å². The summed E-state index contributed by atoms with van der Waals surface area (Å²) in [6.45, 7) is 8.89. The van der Waals surface area contributed by atoms with Crippen LogP contribution >= 0.6 is 0 Å². The fraction of sp³-hybridized carbons (Fsp3) is 0.769. The Labute approximate surface area is 119 Å². The van der Waals surface area contributed by atoms with Gasteiger partial charge in [-0.2, -0.15) is 0 Å². The van der Waals surface area contributed by atoms with E-state index in [1.54, 1.807) is 0 Å². The molecule has 1 unspecified atom stereocenters. The third-order valence-corrected chi connectivity index (χ3v) is 2.78. The summed E-state index contributed by atoms with van der Waals surface area (Å²) >= 11 is 0. The van der Waals surface area contributed by atoms with Gasteiger partial charge < -0.3 is 20.7 Å². The second-order valence-corrected chi connectivity index (χ2v) is 5.08. The van der Waals surface area contributed by atoms with Crippen LogP contribution in [0.1, 0.15) is 34.6 Å². The standard InChI is InChI=1S/C13H25N3O4/c1-8(2)9(3)16-13(19)20-12(6-14-10(4)17)7-15-11(5)18/h8-9,12H,6-7H2,1-5H3,(H,14,17)(H,15,18)(H,16,19). The Morgan fingerprint density at radius 1 is 0.950 bits per heavy atom. The maximum absolute atomic E-state index is 11.7. The third-order valence-electron chi connectivity index (χ3n) is 2.78. The van der Waals surface area contributed by atoms with E-state index in [4.69, 9.17) is 4.74 Å². The molecule has 116 valence electrons. The number of amides is 3. The molecule has 0 bridgehead atoms. The van der Waals surface area contributed by atoms with Crippen molar-refractivity contribution in [1.29, 1.82) is 0 Å². The molecule has 7 nitrogen and oxygen atoms in total. The number of hydrogen-bond donors (Lipinski definition) is 3. The highest BCUT2D eigenvalue weighted by Gasteiger charge is 2.18. The van der Waals surface area contributed by atoms with E-state index in [1.165, 1.54) is 13.8 Å². The van der Waals surface area contributed by atoms with E-state index in [0.29, 0.717) is 0 Å². The molecule has 3 amide bonds. The SMILES string of the molecule is CC(=O)NCC(CNC(C)=O)OC(=O)NC(C)C(C)C. The van der Waals surface area contributed by atoms with Crippen molar-refractivity contribution in [2.45, 2.75) is 46.8 Å². The molecule has 0 saturated carbocycles. The van der Waals surface area contributed by atoms with Crippen LogP contribution in [-0.4, -0.2) is 43.1 Å². The Morgan fingerprint density at radius 3 is 1.75 bits per heavy atom. The summed E-state index contributed by atoms with van der Waals surface area (Å²) in [5.74, 6) is -0.165. The number of hydrogen-bond acceptors (Lipinski definition) is 4. The lowest BCUT2D eigenvalue weighted by atomic mass is 10.1. The van der Waals surface area contributed by atoms with E-state index in [2.05, 4.69) is 16.0 Å². The average molecular weight is 287 g/mol. The van der Waals surface area contributed by atoms with E-state index in [0.717, 1.165) is 0 Å². The molecule has 3 N–H and O–H groups in total. The van der Waals surface area contributed by atoms with Gasteiger partial charge in [-0.05, 0) is 12.8 Å². The first kappa shape index (κ1) is 18.2. The molecule has 0 aliphatic rings. The number of rotatable bonds is 7. The van der Waals surface area contributed by atoms with Gasteiger partial charge in [0, 0.05) is 19.9 Å². The molecule has 0 aromatic carbocycles. The highest BCUT2D eigenvalue weighted by atomic mass is 16.6. The van der Waals surface area contributed by atoms with Crippen LogP contribution in [-0.2, 0) is 14.3 Å². The number of carbonyl (C=O) groups excluding carboxylic acids is 3. The Hall–Kier alpha value is -1.79. The maximum Gasteiger partial charge on any atom is 0.407 e. The van der Waals surface area contributed by atoms with Gasteiger partial charge in [-0.15, -0.1) is 0 Å². The minimum atomic E-state index is -0.609. The summed E-state index contributed by atoms with van der Waals surface area (Å²) in [5, 5.41) is 7.81. The van der Waals surface area contributed by atoms with Crippen molar-refractivity contribution < 1.29 is 19.1 Å².